The molecule has 0 aromatic carbocycles. The van der Waals surface area contributed by atoms with Gasteiger partial charge in [-0.05, 0) is 15.9 Å². The minimum absolute atomic E-state index is 0.111. The normalized spacial score (nSPS) is 11.5. The second kappa shape index (κ2) is 3.49. The first kappa shape index (κ1) is 9.60. The summed E-state index contributed by atoms with van der Waals surface area (Å²) >= 11 is 3.15. The van der Waals surface area contributed by atoms with Gasteiger partial charge in [-0.3, -0.25) is 0 Å². The number of nitrogens with zero attached hydrogens (tertiary/aromatic N) is 2. The van der Waals surface area contributed by atoms with Crippen LogP contribution in [0.5, 0.6) is 0 Å². The van der Waals surface area contributed by atoms with E-state index in [2.05, 4.69) is 25.9 Å². The minimum Gasteiger partial charge on any atom is -0.239 e. The fourth-order valence-electron chi connectivity index (χ4n) is 0.648. The summed E-state index contributed by atoms with van der Waals surface area (Å²) in [5, 5.41) is 0. The fourth-order valence-corrected chi connectivity index (χ4v) is 1.47. The Morgan fingerprint density at radius 1 is 1.42 bits per heavy atom. The van der Waals surface area contributed by atoms with Crippen molar-refractivity contribution in [3.8, 4) is 0 Å². The lowest BCUT2D eigenvalue weighted by atomic mass is 10.6. The minimum atomic E-state index is -3.03. The van der Waals surface area contributed by atoms with Gasteiger partial charge in [0.05, 0.1) is 4.47 Å². The number of aromatic nitrogens is 2. The zero-order chi connectivity index (χ0) is 9.19. The SMILES string of the molecule is CS(=O)(=O)Cc1ncc(Br)cn1. The van der Waals surface area contributed by atoms with E-state index >= 15 is 0 Å². The highest BCUT2D eigenvalue weighted by Crippen LogP contribution is 2.05. The Kier molecular flexibility index (Phi) is 2.79. The molecule has 0 fully saturated rings. The van der Waals surface area contributed by atoms with Crippen LogP contribution in [0.4, 0.5) is 0 Å². The molecule has 0 atom stereocenters. The van der Waals surface area contributed by atoms with E-state index in [9.17, 15) is 8.42 Å². The summed E-state index contributed by atoms with van der Waals surface area (Å²) in [6, 6.07) is 0. The van der Waals surface area contributed by atoms with Crippen molar-refractivity contribution in [2.24, 2.45) is 0 Å². The average Bonchev–Trinajstić information content (AvgIpc) is 1.91. The van der Waals surface area contributed by atoms with Gasteiger partial charge in [0, 0.05) is 18.6 Å². The van der Waals surface area contributed by atoms with Gasteiger partial charge in [0.15, 0.2) is 9.84 Å². The monoisotopic (exact) mass is 250 g/mol. The van der Waals surface area contributed by atoms with E-state index in [-0.39, 0.29) is 5.75 Å². The van der Waals surface area contributed by atoms with Crippen molar-refractivity contribution in [3.63, 3.8) is 0 Å². The number of halogens is 1. The van der Waals surface area contributed by atoms with E-state index in [0.29, 0.717) is 5.82 Å². The van der Waals surface area contributed by atoms with Gasteiger partial charge in [-0.2, -0.15) is 0 Å². The van der Waals surface area contributed by atoms with E-state index in [0.717, 1.165) is 10.7 Å². The summed E-state index contributed by atoms with van der Waals surface area (Å²) in [6.07, 6.45) is 4.19. The van der Waals surface area contributed by atoms with E-state index in [4.69, 9.17) is 0 Å². The van der Waals surface area contributed by atoms with Crippen LogP contribution in [0.25, 0.3) is 0 Å². The van der Waals surface area contributed by atoms with E-state index < -0.39 is 9.84 Å². The molecule has 0 saturated heterocycles. The lowest BCUT2D eigenvalue weighted by Crippen LogP contribution is -2.04. The van der Waals surface area contributed by atoms with Crippen LogP contribution in [-0.2, 0) is 15.6 Å². The molecule has 0 aliphatic carbocycles. The Morgan fingerprint density at radius 2 is 1.92 bits per heavy atom. The molecule has 1 rings (SSSR count). The molecule has 0 amide bonds. The second-order valence-corrected chi connectivity index (χ2v) is 5.44. The maximum absolute atomic E-state index is 10.8. The molecule has 6 heteroatoms. The quantitative estimate of drug-likeness (QED) is 0.779. The first-order valence-corrected chi connectivity index (χ1v) is 5.97. The van der Waals surface area contributed by atoms with Crippen molar-refractivity contribution in [3.05, 3.63) is 22.7 Å². The molecular weight excluding hydrogens is 244 g/mol. The molecule has 1 heterocycles. The third-order valence-electron chi connectivity index (χ3n) is 1.07. The van der Waals surface area contributed by atoms with Gasteiger partial charge >= 0.3 is 0 Å². The molecule has 0 N–H and O–H groups in total. The van der Waals surface area contributed by atoms with Crippen LogP contribution in [0.2, 0.25) is 0 Å². The molecular formula is C6H7BrN2O2S. The third kappa shape index (κ3) is 3.27. The zero-order valence-electron chi connectivity index (χ0n) is 6.36. The molecule has 0 saturated carbocycles. The lowest BCUT2D eigenvalue weighted by Gasteiger charge is -1.96. The van der Waals surface area contributed by atoms with Crippen LogP contribution in [0.3, 0.4) is 0 Å². The van der Waals surface area contributed by atoms with Crippen molar-refractivity contribution >= 4 is 25.8 Å². The van der Waals surface area contributed by atoms with Crippen LogP contribution in [0.15, 0.2) is 16.9 Å². The highest BCUT2D eigenvalue weighted by Gasteiger charge is 2.05. The number of hydrogen-bond donors (Lipinski definition) is 0. The first-order chi connectivity index (χ1) is 5.47. The predicted molar refractivity (Wildman–Crippen MR) is 48.3 cm³/mol. The molecule has 0 aliphatic rings. The second-order valence-electron chi connectivity index (χ2n) is 2.39. The Bertz CT molecular complexity index is 360. The van der Waals surface area contributed by atoms with Crippen LogP contribution >= 0.6 is 15.9 Å². The highest BCUT2D eigenvalue weighted by atomic mass is 79.9. The number of sulfone groups is 1. The Balaban J connectivity index is 2.85. The van der Waals surface area contributed by atoms with Crippen LogP contribution < -0.4 is 0 Å². The number of rotatable bonds is 2. The third-order valence-corrected chi connectivity index (χ3v) is 2.26. The average molecular weight is 251 g/mol. The fraction of sp³-hybridized carbons (Fsp3) is 0.333. The summed E-state index contributed by atoms with van der Waals surface area (Å²) in [4.78, 5) is 7.65. The molecule has 0 unspecified atom stereocenters. The highest BCUT2D eigenvalue weighted by molar-refractivity contribution is 9.10. The van der Waals surface area contributed by atoms with Crippen LogP contribution in [-0.4, -0.2) is 24.6 Å². The van der Waals surface area contributed by atoms with Crippen molar-refractivity contribution in [1.29, 1.82) is 0 Å². The van der Waals surface area contributed by atoms with Gasteiger partial charge in [0.25, 0.3) is 0 Å². The summed E-state index contributed by atoms with van der Waals surface area (Å²) in [5.41, 5.74) is 0. The van der Waals surface area contributed by atoms with E-state index in [1.165, 1.54) is 12.4 Å². The van der Waals surface area contributed by atoms with Gasteiger partial charge in [0.1, 0.15) is 11.6 Å². The first-order valence-electron chi connectivity index (χ1n) is 3.11. The summed E-state index contributed by atoms with van der Waals surface area (Å²) < 4.78 is 22.3. The van der Waals surface area contributed by atoms with Gasteiger partial charge in [0.2, 0.25) is 0 Å². The number of hydrogen-bond acceptors (Lipinski definition) is 4. The molecule has 12 heavy (non-hydrogen) atoms. The molecule has 1 aromatic heterocycles. The maximum atomic E-state index is 10.8. The summed E-state index contributed by atoms with van der Waals surface area (Å²) in [5.74, 6) is 0.209. The molecule has 0 spiro atoms. The summed E-state index contributed by atoms with van der Waals surface area (Å²) in [7, 11) is -3.03. The van der Waals surface area contributed by atoms with Gasteiger partial charge < -0.3 is 0 Å². The van der Waals surface area contributed by atoms with Crippen LogP contribution in [0, 0.1) is 0 Å². The lowest BCUT2D eigenvalue weighted by molar-refractivity contribution is 0.599. The zero-order valence-corrected chi connectivity index (χ0v) is 8.76. The topological polar surface area (TPSA) is 59.9 Å². The van der Waals surface area contributed by atoms with Crippen molar-refractivity contribution < 1.29 is 8.42 Å². The van der Waals surface area contributed by atoms with Crippen molar-refractivity contribution in [2.75, 3.05) is 6.26 Å². The molecule has 66 valence electrons. The van der Waals surface area contributed by atoms with E-state index in [1.807, 2.05) is 0 Å². The van der Waals surface area contributed by atoms with Crippen molar-refractivity contribution in [2.45, 2.75) is 5.75 Å². The molecule has 1 aromatic rings. The Hall–Kier alpha value is -0.490. The molecule has 0 bridgehead atoms. The Labute approximate surface area is 79.1 Å². The largest absolute Gasteiger partial charge is 0.239 e. The van der Waals surface area contributed by atoms with Gasteiger partial charge in [-0.15, -0.1) is 0 Å². The van der Waals surface area contributed by atoms with Gasteiger partial charge in [-0.1, -0.05) is 0 Å². The molecule has 0 aliphatic heterocycles. The summed E-state index contributed by atoms with van der Waals surface area (Å²) in [6.45, 7) is 0. The molecule has 0 radical (unpaired) electrons. The van der Waals surface area contributed by atoms with Crippen LogP contribution in [0.1, 0.15) is 5.82 Å². The predicted octanol–water partition coefficient (Wildman–Crippen LogP) is 0.784. The maximum Gasteiger partial charge on any atom is 0.154 e. The standard InChI is InChI=1S/C6H7BrN2O2S/c1-12(10,11)4-6-8-2-5(7)3-9-6/h2-3H,4H2,1H3. The van der Waals surface area contributed by atoms with E-state index in [1.54, 1.807) is 0 Å². The molecule has 4 nitrogen and oxygen atoms in total. The smallest absolute Gasteiger partial charge is 0.154 e. The Morgan fingerprint density at radius 3 is 2.33 bits per heavy atom. The van der Waals surface area contributed by atoms with Gasteiger partial charge in [-0.25, -0.2) is 18.4 Å². The van der Waals surface area contributed by atoms with Crippen molar-refractivity contribution in [1.82, 2.24) is 9.97 Å².